The van der Waals surface area contributed by atoms with Gasteiger partial charge in [-0.3, -0.25) is 0 Å². The van der Waals surface area contributed by atoms with Gasteiger partial charge in [0.1, 0.15) is 16.6 Å². The zero-order chi connectivity index (χ0) is 14.1. The SMILES string of the molecule is CCNCc1sc(-c2ccc(O)cc2F)nc1C1CC1. The fourth-order valence-electron chi connectivity index (χ4n) is 2.20. The number of benzene rings is 1. The number of phenolic OH excluding ortho intramolecular Hbond substituents is 1. The molecule has 0 spiro atoms. The van der Waals surface area contributed by atoms with Crippen LogP contribution in [0.2, 0.25) is 0 Å². The lowest BCUT2D eigenvalue weighted by molar-refractivity contribution is 0.469. The van der Waals surface area contributed by atoms with E-state index in [1.165, 1.54) is 23.8 Å². The number of nitrogens with zero attached hydrogens (tertiary/aromatic N) is 1. The molecule has 106 valence electrons. The van der Waals surface area contributed by atoms with E-state index in [-0.39, 0.29) is 5.75 Å². The molecule has 2 N–H and O–H groups in total. The van der Waals surface area contributed by atoms with Crippen molar-refractivity contribution in [2.75, 3.05) is 6.54 Å². The Balaban J connectivity index is 1.96. The maximum Gasteiger partial charge on any atom is 0.137 e. The molecule has 2 aromatic rings. The van der Waals surface area contributed by atoms with Crippen LogP contribution in [-0.4, -0.2) is 16.6 Å². The molecule has 0 amide bonds. The maximum atomic E-state index is 13.9. The highest BCUT2D eigenvalue weighted by atomic mass is 32.1. The average Bonchev–Trinajstić information content (AvgIpc) is 3.18. The summed E-state index contributed by atoms with van der Waals surface area (Å²) in [5.74, 6) is 0.0722. The van der Waals surface area contributed by atoms with E-state index in [0.717, 1.165) is 24.8 Å². The van der Waals surface area contributed by atoms with E-state index in [0.29, 0.717) is 16.5 Å². The van der Waals surface area contributed by atoms with Crippen LogP contribution in [0.15, 0.2) is 18.2 Å². The normalized spacial score (nSPS) is 14.7. The number of rotatable bonds is 5. The maximum absolute atomic E-state index is 13.9. The summed E-state index contributed by atoms with van der Waals surface area (Å²) in [5.41, 5.74) is 1.59. The van der Waals surface area contributed by atoms with Crippen molar-refractivity contribution in [3.8, 4) is 16.3 Å². The molecule has 0 radical (unpaired) electrons. The summed E-state index contributed by atoms with van der Waals surface area (Å²) < 4.78 is 13.9. The van der Waals surface area contributed by atoms with Crippen LogP contribution in [0.4, 0.5) is 4.39 Å². The van der Waals surface area contributed by atoms with Crippen molar-refractivity contribution in [2.45, 2.75) is 32.2 Å². The smallest absolute Gasteiger partial charge is 0.137 e. The van der Waals surface area contributed by atoms with E-state index in [9.17, 15) is 9.50 Å². The first kappa shape index (κ1) is 13.5. The topological polar surface area (TPSA) is 45.1 Å². The molecule has 0 atom stereocenters. The number of phenols is 1. The van der Waals surface area contributed by atoms with Gasteiger partial charge in [0.05, 0.1) is 5.69 Å². The molecule has 0 unspecified atom stereocenters. The average molecular weight is 292 g/mol. The van der Waals surface area contributed by atoms with E-state index in [4.69, 9.17) is 0 Å². The molecule has 1 aliphatic carbocycles. The summed E-state index contributed by atoms with van der Waals surface area (Å²) in [5, 5.41) is 13.3. The summed E-state index contributed by atoms with van der Waals surface area (Å²) in [4.78, 5) is 5.85. The van der Waals surface area contributed by atoms with Gasteiger partial charge in [0, 0.05) is 29.0 Å². The summed E-state index contributed by atoms with van der Waals surface area (Å²) in [6.07, 6.45) is 2.36. The molecule has 0 bridgehead atoms. The second-order valence-corrected chi connectivity index (χ2v) is 6.13. The standard InChI is InChI=1S/C15H17FN2OS/c1-2-17-8-13-14(9-3-4-9)18-15(20-13)11-6-5-10(19)7-12(11)16/h5-7,9,17,19H,2-4,8H2,1H3. The number of halogens is 1. The Kier molecular flexibility index (Phi) is 3.72. The quantitative estimate of drug-likeness (QED) is 0.884. The molecule has 1 fully saturated rings. The molecule has 3 rings (SSSR count). The Morgan fingerprint density at radius 3 is 2.90 bits per heavy atom. The van der Waals surface area contributed by atoms with Gasteiger partial charge in [-0.05, 0) is 31.5 Å². The highest BCUT2D eigenvalue weighted by Crippen LogP contribution is 2.44. The minimum absolute atomic E-state index is 0.0573. The van der Waals surface area contributed by atoms with E-state index in [1.807, 2.05) is 0 Å². The molecule has 20 heavy (non-hydrogen) atoms. The van der Waals surface area contributed by atoms with Gasteiger partial charge < -0.3 is 10.4 Å². The lowest BCUT2D eigenvalue weighted by Gasteiger charge is -2.00. The van der Waals surface area contributed by atoms with Crippen molar-refractivity contribution in [3.63, 3.8) is 0 Å². The summed E-state index contributed by atoms with van der Waals surface area (Å²) in [6.45, 7) is 3.77. The van der Waals surface area contributed by atoms with Crippen molar-refractivity contribution in [2.24, 2.45) is 0 Å². The summed E-state index contributed by atoms with van der Waals surface area (Å²) >= 11 is 1.55. The molecule has 1 aromatic heterocycles. The fraction of sp³-hybridized carbons (Fsp3) is 0.400. The Morgan fingerprint density at radius 1 is 1.45 bits per heavy atom. The Morgan fingerprint density at radius 2 is 2.25 bits per heavy atom. The van der Waals surface area contributed by atoms with Gasteiger partial charge in [0.2, 0.25) is 0 Å². The molecular formula is C15H17FN2OS. The predicted molar refractivity (Wildman–Crippen MR) is 78.5 cm³/mol. The van der Waals surface area contributed by atoms with Crippen LogP contribution in [0, 0.1) is 5.82 Å². The minimum atomic E-state index is -0.420. The van der Waals surface area contributed by atoms with Gasteiger partial charge in [-0.15, -0.1) is 11.3 Å². The molecule has 0 aliphatic heterocycles. The molecule has 5 heteroatoms. The van der Waals surface area contributed by atoms with Crippen molar-refractivity contribution >= 4 is 11.3 Å². The highest BCUT2D eigenvalue weighted by Gasteiger charge is 2.30. The van der Waals surface area contributed by atoms with E-state index >= 15 is 0 Å². The number of aromatic hydroxyl groups is 1. The highest BCUT2D eigenvalue weighted by molar-refractivity contribution is 7.15. The fourth-order valence-corrected chi connectivity index (χ4v) is 3.34. The minimum Gasteiger partial charge on any atom is -0.508 e. The third kappa shape index (κ3) is 2.69. The number of nitrogens with one attached hydrogen (secondary N) is 1. The van der Waals surface area contributed by atoms with E-state index in [2.05, 4.69) is 17.2 Å². The first-order chi connectivity index (χ1) is 9.69. The van der Waals surface area contributed by atoms with Crippen molar-refractivity contribution in [3.05, 3.63) is 34.6 Å². The zero-order valence-corrected chi connectivity index (χ0v) is 12.1. The molecule has 1 aliphatic rings. The monoisotopic (exact) mass is 292 g/mol. The van der Waals surface area contributed by atoms with Gasteiger partial charge in [-0.1, -0.05) is 6.92 Å². The van der Waals surface area contributed by atoms with Gasteiger partial charge in [0.15, 0.2) is 0 Å². The molecular weight excluding hydrogens is 275 g/mol. The predicted octanol–water partition coefficient (Wildman–Crippen LogP) is 3.64. The van der Waals surface area contributed by atoms with Crippen LogP contribution >= 0.6 is 11.3 Å². The molecule has 1 heterocycles. The van der Waals surface area contributed by atoms with Crippen LogP contribution in [0.5, 0.6) is 5.75 Å². The zero-order valence-electron chi connectivity index (χ0n) is 11.3. The molecule has 1 saturated carbocycles. The Labute approximate surface area is 121 Å². The van der Waals surface area contributed by atoms with Crippen LogP contribution in [0.25, 0.3) is 10.6 Å². The third-order valence-electron chi connectivity index (χ3n) is 3.41. The molecule has 0 saturated heterocycles. The van der Waals surface area contributed by atoms with Gasteiger partial charge in [-0.2, -0.15) is 0 Å². The summed E-state index contributed by atoms with van der Waals surface area (Å²) in [6, 6.07) is 4.23. The van der Waals surface area contributed by atoms with E-state index < -0.39 is 5.82 Å². The van der Waals surface area contributed by atoms with Crippen LogP contribution in [-0.2, 0) is 6.54 Å². The lowest BCUT2D eigenvalue weighted by Crippen LogP contribution is -2.11. The van der Waals surface area contributed by atoms with Crippen LogP contribution < -0.4 is 5.32 Å². The molecule has 1 aromatic carbocycles. The van der Waals surface area contributed by atoms with E-state index in [1.54, 1.807) is 17.4 Å². The number of hydrogen-bond donors (Lipinski definition) is 2. The first-order valence-electron chi connectivity index (χ1n) is 6.88. The van der Waals surface area contributed by atoms with Crippen molar-refractivity contribution in [1.82, 2.24) is 10.3 Å². The van der Waals surface area contributed by atoms with Crippen LogP contribution in [0.3, 0.4) is 0 Å². The second kappa shape index (κ2) is 5.50. The molecule has 3 nitrogen and oxygen atoms in total. The largest absolute Gasteiger partial charge is 0.508 e. The number of aromatic nitrogens is 1. The van der Waals surface area contributed by atoms with Crippen LogP contribution in [0.1, 0.15) is 36.3 Å². The Hall–Kier alpha value is -1.46. The lowest BCUT2D eigenvalue weighted by atomic mass is 10.2. The van der Waals surface area contributed by atoms with Gasteiger partial charge in [0.25, 0.3) is 0 Å². The number of hydrogen-bond acceptors (Lipinski definition) is 4. The van der Waals surface area contributed by atoms with Crippen molar-refractivity contribution < 1.29 is 9.50 Å². The first-order valence-corrected chi connectivity index (χ1v) is 7.70. The number of thiazole rings is 1. The van der Waals surface area contributed by atoms with Gasteiger partial charge >= 0.3 is 0 Å². The third-order valence-corrected chi connectivity index (χ3v) is 4.51. The Bertz CT molecular complexity index is 622. The van der Waals surface area contributed by atoms with Crippen molar-refractivity contribution in [1.29, 1.82) is 0 Å². The summed E-state index contributed by atoms with van der Waals surface area (Å²) in [7, 11) is 0. The second-order valence-electron chi connectivity index (χ2n) is 5.05. The van der Waals surface area contributed by atoms with Gasteiger partial charge in [-0.25, -0.2) is 9.37 Å².